The summed E-state index contributed by atoms with van der Waals surface area (Å²) < 4.78 is 0. The Morgan fingerprint density at radius 2 is 2.19 bits per heavy atom. The van der Waals surface area contributed by atoms with Crippen LogP contribution in [0.4, 0.5) is 0 Å². The van der Waals surface area contributed by atoms with Gasteiger partial charge in [0.05, 0.1) is 6.54 Å². The van der Waals surface area contributed by atoms with E-state index in [1.807, 2.05) is 6.92 Å². The minimum absolute atomic E-state index is 0.113. The third-order valence-corrected chi connectivity index (χ3v) is 2.05. The second kappa shape index (κ2) is 8.91. The van der Waals surface area contributed by atoms with Gasteiger partial charge in [0.15, 0.2) is 0 Å². The molecule has 0 bridgehead atoms. The summed E-state index contributed by atoms with van der Waals surface area (Å²) in [5.74, 6) is -1.28. The van der Waals surface area contributed by atoms with Crippen molar-refractivity contribution in [3.05, 3.63) is 12.7 Å². The van der Waals surface area contributed by atoms with Crippen LogP contribution < -0.4 is 10.6 Å². The molecule has 5 heteroatoms. The fourth-order valence-electron chi connectivity index (χ4n) is 1.20. The highest BCUT2D eigenvalue weighted by Gasteiger charge is 2.18. The first kappa shape index (κ1) is 14.6. The van der Waals surface area contributed by atoms with Crippen molar-refractivity contribution >= 4 is 11.9 Å². The van der Waals surface area contributed by atoms with Crippen molar-refractivity contribution in [2.45, 2.75) is 32.2 Å². The Hall–Kier alpha value is -1.36. The van der Waals surface area contributed by atoms with E-state index in [9.17, 15) is 9.59 Å². The van der Waals surface area contributed by atoms with Gasteiger partial charge in [-0.3, -0.25) is 4.79 Å². The van der Waals surface area contributed by atoms with Gasteiger partial charge in [-0.1, -0.05) is 25.8 Å². The van der Waals surface area contributed by atoms with Crippen molar-refractivity contribution in [2.75, 3.05) is 13.1 Å². The molecule has 0 aromatic rings. The molecular weight excluding hydrogens is 208 g/mol. The number of aliphatic carboxylic acids is 1. The second-order valence-electron chi connectivity index (χ2n) is 3.52. The van der Waals surface area contributed by atoms with Crippen molar-refractivity contribution in [3.63, 3.8) is 0 Å². The van der Waals surface area contributed by atoms with Gasteiger partial charge in [-0.15, -0.1) is 6.58 Å². The van der Waals surface area contributed by atoms with Crippen molar-refractivity contribution in [2.24, 2.45) is 0 Å². The molecule has 0 unspecified atom stereocenters. The number of amides is 1. The molecule has 0 saturated carbocycles. The second-order valence-corrected chi connectivity index (χ2v) is 3.52. The molecule has 92 valence electrons. The summed E-state index contributed by atoms with van der Waals surface area (Å²) in [6, 6.07) is -0.780. The highest BCUT2D eigenvalue weighted by atomic mass is 16.4. The Morgan fingerprint density at radius 3 is 2.69 bits per heavy atom. The molecule has 0 aliphatic rings. The van der Waals surface area contributed by atoms with Gasteiger partial charge < -0.3 is 15.7 Å². The summed E-state index contributed by atoms with van der Waals surface area (Å²) >= 11 is 0. The number of unbranched alkanes of at least 4 members (excludes halogenated alkanes) is 1. The molecule has 0 aromatic carbocycles. The first-order valence-corrected chi connectivity index (χ1v) is 5.45. The molecule has 0 radical (unpaired) electrons. The predicted molar refractivity (Wildman–Crippen MR) is 62.2 cm³/mol. The molecule has 0 rings (SSSR count). The van der Waals surface area contributed by atoms with E-state index in [2.05, 4.69) is 17.2 Å². The zero-order valence-electron chi connectivity index (χ0n) is 9.66. The molecule has 3 N–H and O–H groups in total. The molecule has 0 fully saturated rings. The molecule has 0 spiro atoms. The van der Waals surface area contributed by atoms with Crippen molar-refractivity contribution in [3.8, 4) is 0 Å². The van der Waals surface area contributed by atoms with E-state index >= 15 is 0 Å². The number of carbonyl (C=O) groups is 2. The van der Waals surface area contributed by atoms with Crippen LogP contribution >= 0.6 is 0 Å². The number of rotatable bonds is 9. The Labute approximate surface area is 95.9 Å². The smallest absolute Gasteiger partial charge is 0.326 e. The van der Waals surface area contributed by atoms with Crippen LogP contribution in [0.15, 0.2) is 12.7 Å². The van der Waals surface area contributed by atoms with E-state index in [4.69, 9.17) is 5.11 Å². The van der Waals surface area contributed by atoms with Crippen LogP contribution in [0.1, 0.15) is 26.2 Å². The molecule has 1 atom stereocenters. The van der Waals surface area contributed by atoms with E-state index in [0.29, 0.717) is 13.0 Å². The lowest BCUT2D eigenvalue weighted by atomic mass is 10.1. The van der Waals surface area contributed by atoms with E-state index in [0.717, 1.165) is 12.8 Å². The lowest BCUT2D eigenvalue weighted by Gasteiger charge is -2.14. The van der Waals surface area contributed by atoms with Gasteiger partial charge in [-0.25, -0.2) is 4.79 Å². The predicted octanol–water partition coefficient (Wildman–Crippen LogP) is 0.522. The van der Waals surface area contributed by atoms with Gasteiger partial charge in [0.2, 0.25) is 5.91 Å². The zero-order chi connectivity index (χ0) is 12.4. The fraction of sp³-hybridized carbons (Fsp3) is 0.636. The Kier molecular flexibility index (Phi) is 8.15. The highest BCUT2D eigenvalue weighted by molar-refractivity contribution is 5.84. The highest BCUT2D eigenvalue weighted by Crippen LogP contribution is 2.00. The standard InChI is InChI=1S/C11H20N2O3/c1-3-5-6-9(11(15)16)13-10(14)8-12-7-4-2/h4,9,12H,2-3,5-8H2,1H3,(H,13,14)(H,15,16)/t9-/m0/s1. The number of hydrogen-bond donors (Lipinski definition) is 3. The minimum Gasteiger partial charge on any atom is -0.480 e. The molecule has 16 heavy (non-hydrogen) atoms. The van der Waals surface area contributed by atoms with E-state index in [-0.39, 0.29) is 12.5 Å². The van der Waals surface area contributed by atoms with Gasteiger partial charge in [0.25, 0.3) is 0 Å². The molecule has 1 amide bonds. The fourth-order valence-corrected chi connectivity index (χ4v) is 1.20. The number of hydrogen-bond acceptors (Lipinski definition) is 3. The van der Waals surface area contributed by atoms with Crippen LogP contribution in [-0.2, 0) is 9.59 Å². The van der Waals surface area contributed by atoms with Crippen molar-refractivity contribution < 1.29 is 14.7 Å². The molecular formula is C11H20N2O3. The number of carboxylic acid groups (broad SMARTS) is 1. The summed E-state index contributed by atoms with van der Waals surface area (Å²) in [4.78, 5) is 22.1. The van der Waals surface area contributed by atoms with Crippen LogP contribution in [0, 0.1) is 0 Å². The molecule has 5 nitrogen and oxygen atoms in total. The largest absolute Gasteiger partial charge is 0.480 e. The monoisotopic (exact) mass is 228 g/mol. The van der Waals surface area contributed by atoms with E-state index in [1.165, 1.54) is 0 Å². The average molecular weight is 228 g/mol. The van der Waals surface area contributed by atoms with Gasteiger partial charge in [-0.05, 0) is 6.42 Å². The number of nitrogens with one attached hydrogen (secondary N) is 2. The average Bonchev–Trinajstić information content (AvgIpc) is 2.24. The van der Waals surface area contributed by atoms with Gasteiger partial charge in [0, 0.05) is 6.54 Å². The lowest BCUT2D eigenvalue weighted by Crippen LogP contribution is -2.44. The molecule has 0 aliphatic heterocycles. The van der Waals surface area contributed by atoms with E-state index < -0.39 is 12.0 Å². The quantitative estimate of drug-likeness (QED) is 0.397. The Morgan fingerprint density at radius 1 is 1.50 bits per heavy atom. The maximum atomic E-state index is 11.3. The first-order valence-electron chi connectivity index (χ1n) is 5.45. The molecule has 0 aliphatic carbocycles. The zero-order valence-corrected chi connectivity index (χ0v) is 9.66. The third-order valence-electron chi connectivity index (χ3n) is 2.05. The van der Waals surface area contributed by atoms with E-state index in [1.54, 1.807) is 6.08 Å². The SMILES string of the molecule is C=CCNCC(=O)N[C@@H](CCCC)C(=O)O. The molecule has 0 aromatic heterocycles. The molecule has 0 heterocycles. The maximum Gasteiger partial charge on any atom is 0.326 e. The lowest BCUT2D eigenvalue weighted by molar-refractivity contribution is -0.141. The summed E-state index contributed by atoms with van der Waals surface area (Å²) in [6.07, 6.45) is 3.81. The first-order chi connectivity index (χ1) is 7.61. The summed E-state index contributed by atoms with van der Waals surface area (Å²) in [7, 11) is 0. The van der Waals surface area contributed by atoms with Gasteiger partial charge >= 0.3 is 5.97 Å². The normalized spacial score (nSPS) is 11.8. The Bertz CT molecular complexity index is 241. The van der Waals surface area contributed by atoms with Crippen LogP contribution in [0.2, 0.25) is 0 Å². The van der Waals surface area contributed by atoms with Crippen LogP contribution in [0.5, 0.6) is 0 Å². The van der Waals surface area contributed by atoms with Crippen LogP contribution in [0.25, 0.3) is 0 Å². The summed E-state index contributed by atoms with van der Waals surface area (Å²) in [6.45, 7) is 6.12. The summed E-state index contributed by atoms with van der Waals surface area (Å²) in [5.41, 5.74) is 0. The third kappa shape index (κ3) is 7.00. The van der Waals surface area contributed by atoms with Crippen molar-refractivity contribution in [1.82, 2.24) is 10.6 Å². The van der Waals surface area contributed by atoms with Gasteiger partial charge in [-0.2, -0.15) is 0 Å². The number of carboxylic acids is 1. The topological polar surface area (TPSA) is 78.4 Å². The minimum atomic E-state index is -0.981. The molecule has 0 saturated heterocycles. The summed E-state index contributed by atoms with van der Waals surface area (Å²) in [5, 5.41) is 14.2. The van der Waals surface area contributed by atoms with Crippen LogP contribution in [-0.4, -0.2) is 36.1 Å². The Balaban J connectivity index is 3.92. The van der Waals surface area contributed by atoms with Crippen molar-refractivity contribution in [1.29, 1.82) is 0 Å². The maximum absolute atomic E-state index is 11.3. The number of carbonyl (C=O) groups excluding carboxylic acids is 1. The van der Waals surface area contributed by atoms with Crippen LogP contribution in [0.3, 0.4) is 0 Å². The van der Waals surface area contributed by atoms with Gasteiger partial charge in [0.1, 0.15) is 6.04 Å².